The monoisotopic (exact) mass is 1180 g/mol. The molecule has 0 aliphatic carbocycles. The smallest absolute Gasteiger partial charge is 0.306 e. The highest BCUT2D eigenvalue weighted by atomic mass is 31.2. The van der Waals surface area contributed by atoms with E-state index in [2.05, 4.69) is 86.8 Å². The van der Waals surface area contributed by atoms with Crippen molar-refractivity contribution >= 4 is 19.7 Å². The third-order valence-electron chi connectivity index (χ3n) is 15.7. The highest BCUT2D eigenvalue weighted by Gasteiger charge is 2.27. The molecule has 1 N–H and O–H groups in total. The molecule has 0 aromatic carbocycles. The fraction of sp³-hybridized carbons (Fsp3) is 0.808. The van der Waals surface area contributed by atoms with Crippen molar-refractivity contribution in [3.05, 3.63) is 72.9 Å². The van der Waals surface area contributed by atoms with Crippen molar-refractivity contribution in [2.45, 2.75) is 341 Å². The Morgan fingerprint density at radius 3 is 1.16 bits per heavy atom. The van der Waals surface area contributed by atoms with Gasteiger partial charge < -0.3 is 28.5 Å². The van der Waals surface area contributed by atoms with Crippen LogP contribution >= 0.6 is 7.82 Å². The third kappa shape index (κ3) is 63.8. The zero-order valence-electron chi connectivity index (χ0n) is 55.4. The standard InChI is InChI=1S/C73H135N2O7P/c1-7-10-13-16-19-22-25-28-30-32-34-36-37-39-41-43-45-48-51-54-57-60-63-66-73(77)82-71(64-61-58-55-52-49-46-27-24-21-18-15-12-9-3)70(69-81-83(78,79)80-68-67-75(4,5)6)74-72(76)65-62-59-56-53-50-47-44-42-40-38-35-33-31-29-26-23-20-17-14-11-8-2/h11,14,20,23,29,31,35,38,42,44,61,64,70-71H,7-10,12-13,15-19,21-22,24-28,30,32-34,36-37,39-41,43,45-60,62-63,65-69H2,1-6H3,(H-,74,76,78,79)/b14-11-,23-20-,31-29-,38-35-,44-42-,64-61+. The fourth-order valence-corrected chi connectivity index (χ4v) is 11.0. The summed E-state index contributed by atoms with van der Waals surface area (Å²) in [5.41, 5.74) is 0. The summed E-state index contributed by atoms with van der Waals surface area (Å²) in [5, 5.41) is 3.03. The van der Waals surface area contributed by atoms with Gasteiger partial charge in [0.05, 0.1) is 33.8 Å². The third-order valence-corrected chi connectivity index (χ3v) is 16.6. The number of nitrogens with zero attached hydrogens (tertiary/aromatic N) is 1. The molecule has 0 rings (SSSR count). The number of unbranched alkanes of at least 4 members (excludes halogenated alkanes) is 38. The number of esters is 1. The van der Waals surface area contributed by atoms with Crippen molar-refractivity contribution in [3.8, 4) is 0 Å². The highest BCUT2D eigenvalue weighted by molar-refractivity contribution is 7.45. The molecule has 3 unspecified atom stereocenters. The minimum absolute atomic E-state index is 0.0273. The molecule has 484 valence electrons. The Balaban J connectivity index is 5.15. The number of hydrogen-bond acceptors (Lipinski definition) is 7. The van der Waals surface area contributed by atoms with Gasteiger partial charge in [0.15, 0.2) is 0 Å². The summed E-state index contributed by atoms with van der Waals surface area (Å²) < 4.78 is 30.4. The SMILES string of the molecule is CC/C=C\C/C=C\C/C=C\C/C=C\C/C=C\CCCCCCCC(=O)NC(COP(=O)([O-])OCC[N+](C)(C)C)C(/C=C/CCCCCCCCCCCCC)OC(=O)CCCCCCCCCCCCCCCCCCCCCCCCC. The largest absolute Gasteiger partial charge is 0.756 e. The molecule has 0 fully saturated rings. The molecule has 0 heterocycles. The van der Waals surface area contributed by atoms with Gasteiger partial charge in [0.25, 0.3) is 7.82 Å². The van der Waals surface area contributed by atoms with E-state index in [1.165, 1.54) is 186 Å². The zero-order valence-corrected chi connectivity index (χ0v) is 56.3. The lowest BCUT2D eigenvalue weighted by molar-refractivity contribution is -0.870. The van der Waals surface area contributed by atoms with Crippen LogP contribution in [-0.2, 0) is 27.9 Å². The van der Waals surface area contributed by atoms with E-state index in [4.69, 9.17) is 13.8 Å². The predicted octanol–water partition coefficient (Wildman–Crippen LogP) is 21.7. The molecule has 0 aromatic heterocycles. The predicted molar refractivity (Wildman–Crippen MR) is 358 cm³/mol. The summed E-state index contributed by atoms with van der Waals surface area (Å²) in [4.78, 5) is 40.2. The van der Waals surface area contributed by atoms with Gasteiger partial charge >= 0.3 is 5.97 Å². The number of ether oxygens (including phenoxy) is 1. The molecular formula is C73H135N2O7P. The van der Waals surface area contributed by atoms with Crippen LogP contribution in [-0.4, -0.2) is 69.4 Å². The van der Waals surface area contributed by atoms with Gasteiger partial charge in [0.1, 0.15) is 19.3 Å². The van der Waals surface area contributed by atoms with Gasteiger partial charge in [-0.3, -0.25) is 14.2 Å². The molecule has 1 amide bonds. The van der Waals surface area contributed by atoms with Gasteiger partial charge in [-0.2, -0.15) is 0 Å². The lowest BCUT2D eigenvalue weighted by Gasteiger charge is -2.30. The Labute approximate surface area is 514 Å². The Morgan fingerprint density at radius 1 is 0.434 bits per heavy atom. The van der Waals surface area contributed by atoms with Crippen LogP contribution in [0.4, 0.5) is 0 Å². The minimum atomic E-state index is -4.71. The molecule has 0 radical (unpaired) electrons. The second-order valence-corrected chi connectivity index (χ2v) is 26.4. The Kier molecular flexibility index (Phi) is 60.6. The van der Waals surface area contributed by atoms with E-state index in [0.29, 0.717) is 23.9 Å². The van der Waals surface area contributed by atoms with Gasteiger partial charge in [0, 0.05) is 12.8 Å². The van der Waals surface area contributed by atoms with E-state index in [0.717, 1.165) is 103 Å². The van der Waals surface area contributed by atoms with Crippen LogP contribution in [0.2, 0.25) is 0 Å². The molecular weight excluding hydrogens is 1050 g/mol. The Bertz CT molecular complexity index is 1650. The number of nitrogens with one attached hydrogen (secondary N) is 1. The number of likely N-dealkylation sites (N-methyl/N-ethyl adjacent to an activating group) is 1. The summed E-state index contributed by atoms with van der Waals surface area (Å²) in [6.07, 6.45) is 81.7. The quantitative estimate of drug-likeness (QED) is 0.0212. The normalized spacial score (nSPS) is 14.0. The van der Waals surface area contributed by atoms with Crippen LogP contribution in [0.3, 0.4) is 0 Å². The molecule has 9 nitrogen and oxygen atoms in total. The van der Waals surface area contributed by atoms with Crippen LogP contribution < -0.4 is 10.2 Å². The van der Waals surface area contributed by atoms with E-state index >= 15 is 0 Å². The average Bonchev–Trinajstić information content (AvgIpc) is 3.46. The van der Waals surface area contributed by atoms with Gasteiger partial charge in [-0.05, 0) is 76.7 Å². The first-order valence-electron chi connectivity index (χ1n) is 35.2. The van der Waals surface area contributed by atoms with Gasteiger partial charge in [0.2, 0.25) is 5.91 Å². The first-order chi connectivity index (χ1) is 40.4. The van der Waals surface area contributed by atoms with Crippen molar-refractivity contribution in [1.29, 1.82) is 0 Å². The number of quaternary nitrogens is 1. The maximum atomic E-state index is 13.6. The van der Waals surface area contributed by atoms with Crippen LogP contribution in [0, 0.1) is 0 Å². The van der Waals surface area contributed by atoms with E-state index in [1.807, 2.05) is 33.3 Å². The van der Waals surface area contributed by atoms with Crippen LogP contribution in [0.1, 0.15) is 329 Å². The molecule has 0 aliphatic heterocycles. The molecule has 0 aromatic rings. The first-order valence-corrected chi connectivity index (χ1v) is 36.7. The molecule has 10 heteroatoms. The summed E-state index contributed by atoms with van der Waals surface area (Å²) >= 11 is 0. The number of phosphoric ester groups is 1. The maximum Gasteiger partial charge on any atom is 0.306 e. The molecule has 0 saturated heterocycles. The van der Waals surface area contributed by atoms with Crippen molar-refractivity contribution in [2.75, 3.05) is 40.9 Å². The minimum Gasteiger partial charge on any atom is -0.756 e. The van der Waals surface area contributed by atoms with Crippen LogP contribution in [0.25, 0.3) is 0 Å². The number of allylic oxidation sites excluding steroid dienone is 11. The Morgan fingerprint density at radius 2 is 0.771 bits per heavy atom. The summed E-state index contributed by atoms with van der Waals surface area (Å²) in [5.74, 6) is -0.551. The summed E-state index contributed by atoms with van der Waals surface area (Å²) in [6.45, 7) is 6.76. The number of rotatable bonds is 64. The topological polar surface area (TPSA) is 114 Å². The van der Waals surface area contributed by atoms with E-state index in [9.17, 15) is 19.0 Å². The lowest BCUT2D eigenvalue weighted by atomic mass is 10.0. The van der Waals surface area contributed by atoms with Crippen molar-refractivity contribution in [2.24, 2.45) is 0 Å². The number of carbonyl (C=O) groups is 2. The molecule has 83 heavy (non-hydrogen) atoms. The number of phosphoric acid groups is 1. The maximum absolute atomic E-state index is 13.6. The molecule has 3 atom stereocenters. The molecule has 0 spiro atoms. The van der Waals surface area contributed by atoms with E-state index < -0.39 is 26.6 Å². The van der Waals surface area contributed by atoms with Crippen molar-refractivity contribution in [3.63, 3.8) is 0 Å². The van der Waals surface area contributed by atoms with Crippen LogP contribution in [0.15, 0.2) is 72.9 Å². The molecule has 0 aliphatic rings. The lowest BCUT2D eigenvalue weighted by Crippen LogP contribution is -2.47. The van der Waals surface area contributed by atoms with Crippen molar-refractivity contribution < 1.29 is 37.3 Å². The van der Waals surface area contributed by atoms with Gasteiger partial charge in [-0.25, -0.2) is 0 Å². The second kappa shape index (κ2) is 62.5. The fourth-order valence-electron chi connectivity index (χ4n) is 10.3. The number of hydrogen-bond donors (Lipinski definition) is 1. The number of carbonyl (C=O) groups excluding carboxylic acids is 2. The average molecular weight is 1180 g/mol. The molecule has 0 bridgehead atoms. The van der Waals surface area contributed by atoms with Gasteiger partial charge in [-0.1, -0.05) is 312 Å². The number of amides is 1. The zero-order chi connectivity index (χ0) is 60.7. The van der Waals surface area contributed by atoms with Crippen molar-refractivity contribution in [1.82, 2.24) is 5.32 Å². The van der Waals surface area contributed by atoms with Gasteiger partial charge in [-0.15, -0.1) is 0 Å². The highest BCUT2D eigenvalue weighted by Crippen LogP contribution is 2.38. The second-order valence-electron chi connectivity index (χ2n) is 25.0. The first kappa shape index (κ1) is 80.5. The molecule has 0 saturated carbocycles. The van der Waals surface area contributed by atoms with E-state index in [1.54, 1.807) is 0 Å². The summed E-state index contributed by atoms with van der Waals surface area (Å²) in [6, 6.07) is -0.901. The van der Waals surface area contributed by atoms with E-state index in [-0.39, 0.29) is 24.9 Å². The Hall–Kier alpha value is -2.55. The van der Waals surface area contributed by atoms with Crippen LogP contribution in [0.5, 0.6) is 0 Å². The summed E-state index contributed by atoms with van der Waals surface area (Å²) in [7, 11) is 1.18.